The van der Waals surface area contributed by atoms with Crippen molar-refractivity contribution in [2.24, 2.45) is 0 Å². The summed E-state index contributed by atoms with van der Waals surface area (Å²) in [5, 5.41) is 3.26. The fraction of sp³-hybridized carbons (Fsp3) is 0.227. The van der Waals surface area contributed by atoms with Crippen LogP contribution in [-0.2, 0) is 23.0 Å². The van der Waals surface area contributed by atoms with Crippen LogP contribution in [0.3, 0.4) is 0 Å². The zero-order valence-electron chi connectivity index (χ0n) is 15.9. The Morgan fingerprint density at radius 2 is 1.68 bits per heavy atom. The maximum absolute atomic E-state index is 12.3. The first-order valence-electron chi connectivity index (χ1n) is 9.31. The number of anilines is 2. The van der Waals surface area contributed by atoms with Gasteiger partial charge in [0, 0.05) is 6.54 Å². The molecule has 0 amide bonds. The van der Waals surface area contributed by atoms with Gasteiger partial charge in [-0.3, -0.25) is 4.72 Å². The quantitative estimate of drug-likeness (QED) is 0.564. The SMILES string of the molecule is Cc1ccccc1CNc1ccc(NS(=O)(=O)CCCc2ccccc2)cn1. The van der Waals surface area contributed by atoms with E-state index >= 15 is 0 Å². The molecule has 0 atom stereocenters. The molecule has 146 valence electrons. The van der Waals surface area contributed by atoms with Crippen molar-refractivity contribution in [2.45, 2.75) is 26.3 Å². The van der Waals surface area contributed by atoms with Gasteiger partial charge in [0.25, 0.3) is 0 Å². The number of aromatic nitrogens is 1. The summed E-state index contributed by atoms with van der Waals surface area (Å²) >= 11 is 0. The molecule has 0 radical (unpaired) electrons. The van der Waals surface area contributed by atoms with E-state index in [4.69, 9.17) is 0 Å². The lowest BCUT2D eigenvalue weighted by molar-refractivity contribution is 0.598. The lowest BCUT2D eigenvalue weighted by Crippen LogP contribution is -2.17. The summed E-state index contributed by atoms with van der Waals surface area (Å²) in [6.07, 6.45) is 2.85. The van der Waals surface area contributed by atoms with Crippen molar-refractivity contribution in [3.8, 4) is 0 Å². The van der Waals surface area contributed by atoms with Crippen molar-refractivity contribution in [1.82, 2.24) is 4.98 Å². The summed E-state index contributed by atoms with van der Waals surface area (Å²) in [4.78, 5) is 4.30. The van der Waals surface area contributed by atoms with Crippen molar-refractivity contribution in [3.63, 3.8) is 0 Å². The summed E-state index contributed by atoms with van der Waals surface area (Å²) in [6, 6.07) is 21.5. The minimum absolute atomic E-state index is 0.0786. The molecule has 6 heteroatoms. The van der Waals surface area contributed by atoms with Crippen LogP contribution in [0.4, 0.5) is 11.5 Å². The van der Waals surface area contributed by atoms with Gasteiger partial charge in [0.15, 0.2) is 0 Å². The molecule has 0 spiro atoms. The Hall–Kier alpha value is -2.86. The van der Waals surface area contributed by atoms with Crippen LogP contribution in [0, 0.1) is 6.92 Å². The van der Waals surface area contributed by atoms with E-state index in [1.807, 2.05) is 42.5 Å². The van der Waals surface area contributed by atoms with E-state index in [9.17, 15) is 8.42 Å². The fourth-order valence-corrected chi connectivity index (χ4v) is 4.00. The summed E-state index contributed by atoms with van der Waals surface area (Å²) in [5.74, 6) is 0.783. The Bertz CT molecular complexity index is 988. The maximum Gasteiger partial charge on any atom is 0.232 e. The first-order valence-corrected chi connectivity index (χ1v) is 11.0. The molecule has 0 aliphatic rings. The topological polar surface area (TPSA) is 71.1 Å². The first-order chi connectivity index (χ1) is 13.5. The standard InChI is InChI=1S/C22H25N3O2S/c1-18-8-5-6-12-20(18)16-23-22-14-13-21(17-24-22)25-28(26,27)15-7-11-19-9-3-2-4-10-19/h2-6,8-10,12-14,17,25H,7,11,15-16H2,1H3,(H,23,24). The number of nitrogens with one attached hydrogen (secondary N) is 2. The summed E-state index contributed by atoms with van der Waals surface area (Å²) in [7, 11) is -3.39. The van der Waals surface area contributed by atoms with Crippen molar-refractivity contribution >= 4 is 21.5 Å². The molecule has 0 unspecified atom stereocenters. The molecule has 1 aromatic heterocycles. The molecule has 0 fully saturated rings. The minimum Gasteiger partial charge on any atom is -0.366 e. The molecule has 3 aromatic rings. The number of pyridine rings is 1. The highest BCUT2D eigenvalue weighted by molar-refractivity contribution is 7.92. The van der Waals surface area contributed by atoms with Crippen molar-refractivity contribution in [3.05, 3.63) is 89.6 Å². The van der Waals surface area contributed by atoms with E-state index in [1.165, 1.54) is 17.3 Å². The molecular weight excluding hydrogens is 370 g/mol. The minimum atomic E-state index is -3.39. The summed E-state index contributed by atoms with van der Waals surface area (Å²) < 4.78 is 27.1. The molecule has 28 heavy (non-hydrogen) atoms. The van der Waals surface area contributed by atoms with E-state index in [1.54, 1.807) is 12.1 Å². The first kappa shape index (κ1) is 19.9. The van der Waals surface area contributed by atoms with Gasteiger partial charge >= 0.3 is 0 Å². The zero-order valence-corrected chi connectivity index (χ0v) is 16.7. The van der Waals surface area contributed by atoms with Crippen LogP contribution in [0.2, 0.25) is 0 Å². The lowest BCUT2D eigenvalue weighted by Gasteiger charge is -2.10. The smallest absolute Gasteiger partial charge is 0.232 e. The third-order valence-electron chi connectivity index (χ3n) is 4.48. The van der Waals surface area contributed by atoms with Gasteiger partial charge in [-0.05, 0) is 48.6 Å². The Morgan fingerprint density at radius 1 is 0.929 bits per heavy atom. The van der Waals surface area contributed by atoms with E-state index in [0.29, 0.717) is 24.5 Å². The second kappa shape index (κ2) is 9.37. The van der Waals surface area contributed by atoms with Gasteiger partial charge in [-0.15, -0.1) is 0 Å². The molecule has 0 saturated carbocycles. The Balaban J connectivity index is 1.49. The van der Waals surface area contributed by atoms with Crippen molar-refractivity contribution in [2.75, 3.05) is 15.8 Å². The number of sulfonamides is 1. The van der Waals surface area contributed by atoms with E-state index < -0.39 is 10.0 Å². The van der Waals surface area contributed by atoms with Gasteiger partial charge in [0.05, 0.1) is 17.6 Å². The number of hydrogen-bond acceptors (Lipinski definition) is 4. The normalized spacial score (nSPS) is 11.2. The summed E-state index contributed by atoms with van der Waals surface area (Å²) in [5.41, 5.74) is 4.03. The predicted molar refractivity (Wildman–Crippen MR) is 115 cm³/mol. The largest absolute Gasteiger partial charge is 0.366 e. The van der Waals surface area contributed by atoms with Crippen LogP contribution >= 0.6 is 0 Å². The van der Waals surface area contributed by atoms with Crippen LogP contribution in [-0.4, -0.2) is 19.2 Å². The Labute approximate surface area is 166 Å². The van der Waals surface area contributed by atoms with Gasteiger partial charge in [-0.25, -0.2) is 13.4 Å². The van der Waals surface area contributed by atoms with Gasteiger partial charge in [-0.1, -0.05) is 54.6 Å². The Morgan fingerprint density at radius 3 is 2.39 bits per heavy atom. The second-order valence-electron chi connectivity index (χ2n) is 6.72. The number of nitrogens with zero attached hydrogens (tertiary/aromatic N) is 1. The molecule has 5 nitrogen and oxygen atoms in total. The number of aryl methyl sites for hydroxylation is 2. The van der Waals surface area contributed by atoms with Gasteiger partial charge in [0.1, 0.15) is 5.82 Å². The number of hydrogen-bond donors (Lipinski definition) is 2. The van der Waals surface area contributed by atoms with Gasteiger partial charge in [-0.2, -0.15) is 0 Å². The van der Waals surface area contributed by atoms with Gasteiger partial charge in [0.2, 0.25) is 10.0 Å². The van der Waals surface area contributed by atoms with E-state index in [0.717, 1.165) is 12.0 Å². The highest BCUT2D eigenvalue weighted by atomic mass is 32.2. The van der Waals surface area contributed by atoms with Crippen LogP contribution in [0.1, 0.15) is 23.1 Å². The third kappa shape index (κ3) is 6.09. The monoisotopic (exact) mass is 395 g/mol. The molecule has 2 N–H and O–H groups in total. The molecular formula is C22H25N3O2S. The van der Waals surface area contributed by atoms with Crippen LogP contribution < -0.4 is 10.0 Å². The molecule has 3 rings (SSSR count). The zero-order chi connectivity index (χ0) is 19.8. The predicted octanol–water partition coefficient (Wildman–Crippen LogP) is 4.38. The van der Waals surface area contributed by atoms with Crippen LogP contribution in [0.5, 0.6) is 0 Å². The van der Waals surface area contributed by atoms with Crippen LogP contribution in [0.25, 0.3) is 0 Å². The summed E-state index contributed by atoms with van der Waals surface area (Å²) in [6.45, 7) is 2.74. The van der Waals surface area contributed by atoms with E-state index in [2.05, 4.69) is 34.1 Å². The number of rotatable bonds is 9. The van der Waals surface area contributed by atoms with Crippen molar-refractivity contribution in [1.29, 1.82) is 0 Å². The van der Waals surface area contributed by atoms with Crippen molar-refractivity contribution < 1.29 is 8.42 Å². The van der Waals surface area contributed by atoms with E-state index in [-0.39, 0.29) is 5.75 Å². The average molecular weight is 396 g/mol. The lowest BCUT2D eigenvalue weighted by atomic mass is 10.1. The number of benzene rings is 2. The van der Waals surface area contributed by atoms with Gasteiger partial charge < -0.3 is 5.32 Å². The third-order valence-corrected chi connectivity index (χ3v) is 5.85. The molecule has 1 heterocycles. The molecule has 0 bridgehead atoms. The highest BCUT2D eigenvalue weighted by Gasteiger charge is 2.10. The molecule has 0 aliphatic heterocycles. The fourth-order valence-electron chi connectivity index (χ4n) is 2.89. The average Bonchev–Trinajstić information content (AvgIpc) is 2.69. The molecule has 0 aliphatic carbocycles. The maximum atomic E-state index is 12.3. The molecule has 2 aromatic carbocycles. The molecule has 0 saturated heterocycles. The Kier molecular flexibility index (Phi) is 6.66. The second-order valence-corrected chi connectivity index (χ2v) is 8.56. The highest BCUT2D eigenvalue weighted by Crippen LogP contribution is 2.14. The van der Waals surface area contributed by atoms with Crippen LogP contribution in [0.15, 0.2) is 72.9 Å².